The van der Waals surface area contributed by atoms with E-state index in [2.05, 4.69) is 62.2 Å². The second kappa shape index (κ2) is 4.10. The highest BCUT2D eigenvalue weighted by Gasteiger charge is 2.10. The average Bonchev–Trinajstić information content (AvgIpc) is 2.75. The Bertz CT molecular complexity index is 634. The fourth-order valence-corrected chi connectivity index (χ4v) is 3.44. The van der Waals surface area contributed by atoms with Crippen LogP contribution in [0.1, 0.15) is 0 Å². The van der Waals surface area contributed by atoms with Gasteiger partial charge in [0.25, 0.3) is 0 Å². The first-order chi connectivity index (χ1) is 7.86. The van der Waals surface area contributed by atoms with Gasteiger partial charge < -0.3 is 0 Å². The predicted octanol–water partition coefficient (Wildman–Crippen LogP) is 3.96. The minimum absolute atomic E-state index is 1.02. The highest BCUT2D eigenvalue weighted by molar-refractivity contribution is 14.1. The van der Waals surface area contributed by atoms with Gasteiger partial charge in [0.2, 0.25) is 0 Å². The second-order valence-corrected chi connectivity index (χ2v) is 5.24. The van der Waals surface area contributed by atoms with Gasteiger partial charge in [0.1, 0.15) is 14.9 Å². The van der Waals surface area contributed by atoms with Crippen molar-refractivity contribution in [2.24, 2.45) is 0 Å². The van der Waals surface area contributed by atoms with Gasteiger partial charge in [-0.2, -0.15) is 0 Å². The van der Waals surface area contributed by atoms with Crippen LogP contribution in [0.5, 0.6) is 0 Å². The van der Waals surface area contributed by atoms with Crippen molar-refractivity contribution in [3.63, 3.8) is 0 Å². The summed E-state index contributed by atoms with van der Waals surface area (Å²) in [4.78, 5) is 9.59. The number of benzene rings is 1. The predicted molar refractivity (Wildman–Crippen MR) is 75.6 cm³/mol. The van der Waals surface area contributed by atoms with E-state index in [0.717, 1.165) is 8.53 Å². The van der Waals surface area contributed by atoms with Gasteiger partial charge in [0.05, 0.1) is 5.39 Å². The second-order valence-electron chi connectivity index (χ2n) is 3.36. The summed E-state index contributed by atoms with van der Waals surface area (Å²) in [7, 11) is 0. The van der Waals surface area contributed by atoms with Crippen LogP contribution in [0.4, 0.5) is 0 Å². The standard InChI is InChI=1S/C12H7IN2S/c13-11-10-9(8-4-2-1-3-5-8)6-16-12(10)15-7-14-11/h1-7H. The molecular formula is C12H7IN2S. The fourth-order valence-electron chi connectivity index (χ4n) is 1.67. The summed E-state index contributed by atoms with van der Waals surface area (Å²) in [6, 6.07) is 10.4. The van der Waals surface area contributed by atoms with Gasteiger partial charge in [-0.15, -0.1) is 11.3 Å². The lowest BCUT2D eigenvalue weighted by atomic mass is 10.1. The van der Waals surface area contributed by atoms with E-state index in [1.807, 2.05) is 6.07 Å². The van der Waals surface area contributed by atoms with Crippen molar-refractivity contribution < 1.29 is 0 Å². The number of rotatable bonds is 1. The van der Waals surface area contributed by atoms with Gasteiger partial charge in [-0.25, -0.2) is 9.97 Å². The Morgan fingerprint density at radius 3 is 2.69 bits per heavy atom. The highest BCUT2D eigenvalue weighted by Crippen LogP contribution is 2.34. The van der Waals surface area contributed by atoms with Gasteiger partial charge in [-0.1, -0.05) is 30.3 Å². The molecule has 0 aliphatic carbocycles. The zero-order chi connectivity index (χ0) is 11.0. The number of halogens is 1. The molecule has 2 nitrogen and oxygen atoms in total. The minimum atomic E-state index is 1.02. The monoisotopic (exact) mass is 338 g/mol. The summed E-state index contributed by atoms with van der Waals surface area (Å²) in [6.45, 7) is 0. The molecular weight excluding hydrogens is 331 g/mol. The third kappa shape index (κ3) is 1.62. The van der Waals surface area contributed by atoms with Crippen molar-refractivity contribution in [1.29, 1.82) is 0 Å². The third-order valence-corrected chi connectivity index (χ3v) is 4.11. The van der Waals surface area contributed by atoms with Crippen LogP contribution < -0.4 is 0 Å². The van der Waals surface area contributed by atoms with Gasteiger partial charge in [-0.05, 0) is 28.2 Å². The number of hydrogen-bond donors (Lipinski definition) is 0. The third-order valence-electron chi connectivity index (χ3n) is 2.41. The molecule has 4 heteroatoms. The molecule has 0 amide bonds. The van der Waals surface area contributed by atoms with Crippen LogP contribution in [-0.2, 0) is 0 Å². The lowest BCUT2D eigenvalue weighted by Crippen LogP contribution is -1.84. The molecule has 0 fully saturated rings. The molecule has 1 aromatic carbocycles. The molecule has 2 heterocycles. The van der Waals surface area contributed by atoms with Crippen molar-refractivity contribution >= 4 is 44.1 Å². The maximum absolute atomic E-state index is 4.29. The van der Waals surface area contributed by atoms with E-state index in [4.69, 9.17) is 0 Å². The highest BCUT2D eigenvalue weighted by atomic mass is 127. The molecule has 0 radical (unpaired) electrons. The van der Waals surface area contributed by atoms with E-state index in [1.54, 1.807) is 17.7 Å². The van der Waals surface area contributed by atoms with Crippen molar-refractivity contribution in [3.05, 3.63) is 45.7 Å². The molecule has 0 saturated heterocycles. The maximum Gasteiger partial charge on any atom is 0.128 e. The van der Waals surface area contributed by atoms with E-state index < -0.39 is 0 Å². The molecule has 0 aliphatic rings. The lowest BCUT2D eigenvalue weighted by Gasteiger charge is -1.99. The first-order valence-corrected chi connectivity index (χ1v) is 6.75. The van der Waals surface area contributed by atoms with E-state index >= 15 is 0 Å². The Morgan fingerprint density at radius 1 is 1.06 bits per heavy atom. The molecule has 0 saturated carbocycles. The number of aromatic nitrogens is 2. The maximum atomic E-state index is 4.29. The zero-order valence-electron chi connectivity index (χ0n) is 8.22. The summed E-state index contributed by atoms with van der Waals surface area (Å²) >= 11 is 3.93. The molecule has 0 bridgehead atoms. The van der Waals surface area contributed by atoms with Crippen LogP contribution in [-0.4, -0.2) is 9.97 Å². The van der Waals surface area contributed by atoms with Gasteiger partial charge in [0, 0.05) is 10.9 Å². The van der Waals surface area contributed by atoms with Crippen molar-refractivity contribution in [3.8, 4) is 11.1 Å². The number of fused-ring (bicyclic) bond motifs is 1. The Labute approximate surface area is 111 Å². The minimum Gasteiger partial charge on any atom is -0.230 e. The lowest BCUT2D eigenvalue weighted by molar-refractivity contribution is 1.20. The van der Waals surface area contributed by atoms with Crippen LogP contribution in [0.2, 0.25) is 0 Å². The molecule has 0 N–H and O–H groups in total. The summed E-state index contributed by atoms with van der Waals surface area (Å²) in [6.07, 6.45) is 1.62. The molecule has 0 aliphatic heterocycles. The topological polar surface area (TPSA) is 25.8 Å². The van der Waals surface area contributed by atoms with Crippen LogP contribution in [0.15, 0.2) is 42.0 Å². The summed E-state index contributed by atoms with van der Waals surface area (Å²) < 4.78 is 1.02. The number of hydrogen-bond acceptors (Lipinski definition) is 3. The van der Waals surface area contributed by atoms with Crippen LogP contribution in [0, 0.1) is 3.70 Å². The smallest absolute Gasteiger partial charge is 0.128 e. The Hall–Kier alpha value is -1.01. The quantitative estimate of drug-likeness (QED) is 0.496. The van der Waals surface area contributed by atoms with Crippen molar-refractivity contribution in [2.75, 3.05) is 0 Å². The number of thiophene rings is 1. The number of nitrogens with zero attached hydrogens (tertiary/aromatic N) is 2. The van der Waals surface area contributed by atoms with Crippen LogP contribution >= 0.6 is 33.9 Å². The van der Waals surface area contributed by atoms with Crippen LogP contribution in [0.3, 0.4) is 0 Å². The fraction of sp³-hybridized carbons (Fsp3) is 0. The summed E-state index contributed by atoms with van der Waals surface area (Å²) in [5.74, 6) is 0. The molecule has 78 valence electrons. The van der Waals surface area contributed by atoms with E-state index in [-0.39, 0.29) is 0 Å². The van der Waals surface area contributed by atoms with Crippen molar-refractivity contribution in [1.82, 2.24) is 9.97 Å². The molecule has 2 aromatic heterocycles. The normalized spacial score (nSPS) is 10.8. The SMILES string of the molecule is Ic1ncnc2scc(-c3ccccc3)c12. The Balaban J connectivity index is 2.33. The largest absolute Gasteiger partial charge is 0.230 e. The van der Waals surface area contributed by atoms with E-state index in [9.17, 15) is 0 Å². The molecule has 16 heavy (non-hydrogen) atoms. The molecule has 0 unspecified atom stereocenters. The molecule has 0 atom stereocenters. The van der Waals surface area contributed by atoms with Gasteiger partial charge >= 0.3 is 0 Å². The Kier molecular flexibility index (Phi) is 2.61. The Morgan fingerprint density at radius 2 is 1.88 bits per heavy atom. The zero-order valence-corrected chi connectivity index (χ0v) is 11.2. The van der Waals surface area contributed by atoms with Crippen molar-refractivity contribution in [2.45, 2.75) is 0 Å². The molecule has 3 rings (SSSR count). The first kappa shape index (κ1) is 10.2. The average molecular weight is 338 g/mol. The molecule has 0 spiro atoms. The van der Waals surface area contributed by atoms with E-state index in [1.165, 1.54) is 16.5 Å². The van der Waals surface area contributed by atoms with Gasteiger partial charge in [-0.3, -0.25) is 0 Å². The van der Waals surface area contributed by atoms with E-state index in [0.29, 0.717) is 0 Å². The summed E-state index contributed by atoms with van der Waals surface area (Å²) in [5, 5.41) is 3.32. The van der Waals surface area contributed by atoms with Gasteiger partial charge in [0.15, 0.2) is 0 Å². The summed E-state index contributed by atoms with van der Waals surface area (Å²) in [5.41, 5.74) is 2.45. The first-order valence-electron chi connectivity index (χ1n) is 4.79. The van der Waals surface area contributed by atoms with Crippen LogP contribution in [0.25, 0.3) is 21.3 Å². The molecule has 3 aromatic rings.